The number of rotatable bonds is 6. The van der Waals surface area contributed by atoms with E-state index in [-0.39, 0.29) is 12.5 Å². The molecule has 0 aromatic heterocycles. The number of hydrogen-bond donors (Lipinski definition) is 2. The Balaban J connectivity index is 1.89. The van der Waals surface area contributed by atoms with Crippen molar-refractivity contribution in [3.63, 3.8) is 0 Å². The topological polar surface area (TPSA) is 66.6 Å². The SMILES string of the molecule is Nc1ccccc1CCC(=O)N(CCO)C1CC1. The summed E-state index contributed by atoms with van der Waals surface area (Å²) in [5.74, 6) is 0.120. The Hall–Kier alpha value is -1.55. The van der Waals surface area contributed by atoms with Crippen LogP contribution in [-0.2, 0) is 11.2 Å². The van der Waals surface area contributed by atoms with Gasteiger partial charge in [0.2, 0.25) is 5.91 Å². The monoisotopic (exact) mass is 248 g/mol. The predicted octanol–water partition coefficient (Wildman–Crippen LogP) is 1.18. The third kappa shape index (κ3) is 3.23. The van der Waals surface area contributed by atoms with Gasteiger partial charge in [-0.2, -0.15) is 0 Å². The van der Waals surface area contributed by atoms with Gasteiger partial charge in [-0.1, -0.05) is 18.2 Å². The number of amides is 1. The lowest BCUT2D eigenvalue weighted by Gasteiger charge is -2.21. The van der Waals surface area contributed by atoms with Crippen molar-refractivity contribution in [1.29, 1.82) is 0 Å². The number of anilines is 1. The van der Waals surface area contributed by atoms with Gasteiger partial charge in [0, 0.05) is 24.7 Å². The van der Waals surface area contributed by atoms with Crippen LogP contribution < -0.4 is 5.73 Å². The van der Waals surface area contributed by atoms with Gasteiger partial charge in [-0.05, 0) is 30.9 Å². The van der Waals surface area contributed by atoms with Crippen LogP contribution in [0.1, 0.15) is 24.8 Å². The molecule has 0 radical (unpaired) electrons. The lowest BCUT2D eigenvalue weighted by molar-refractivity contribution is -0.132. The van der Waals surface area contributed by atoms with Crippen LogP contribution in [0.5, 0.6) is 0 Å². The van der Waals surface area contributed by atoms with Gasteiger partial charge in [0.1, 0.15) is 0 Å². The van der Waals surface area contributed by atoms with Crippen LogP contribution >= 0.6 is 0 Å². The molecule has 4 heteroatoms. The molecule has 18 heavy (non-hydrogen) atoms. The second kappa shape index (κ2) is 5.87. The number of nitrogens with two attached hydrogens (primary N) is 1. The van der Waals surface area contributed by atoms with Crippen LogP contribution in [0.25, 0.3) is 0 Å². The molecule has 0 spiro atoms. The van der Waals surface area contributed by atoms with E-state index in [1.54, 1.807) is 4.90 Å². The number of aliphatic hydroxyl groups is 1. The summed E-state index contributed by atoms with van der Waals surface area (Å²) >= 11 is 0. The second-order valence-corrected chi connectivity index (χ2v) is 4.74. The number of nitrogens with zero attached hydrogens (tertiary/aromatic N) is 1. The van der Waals surface area contributed by atoms with Crippen molar-refractivity contribution in [3.8, 4) is 0 Å². The van der Waals surface area contributed by atoms with Gasteiger partial charge in [-0.15, -0.1) is 0 Å². The number of benzene rings is 1. The summed E-state index contributed by atoms with van der Waals surface area (Å²) in [4.78, 5) is 13.9. The molecule has 0 aliphatic heterocycles. The van der Waals surface area contributed by atoms with Crippen LogP contribution in [-0.4, -0.2) is 35.1 Å². The van der Waals surface area contributed by atoms with Gasteiger partial charge in [0.25, 0.3) is 0 Å². The van der Waals surface area contributed by atoms with E-state index in [2.05, 4.69) is 0 Å². The van der Waals surface area contributed by atoms with Gasteiger partial charge >= 0.3 is 0 Å². The molecular formula is C14H20N2O2. The number of para-hydroxylation sites is 1. The van der Waals surface area contributed by atoms with Crippen molar-refractivity contribution in [2.75, 3.05) is 18.9 Å². The summed E-state index contributed by atoms with van der Waals surface area (Å²) in [5.41, 5.74) is 7.61. The molecule has 0 bridgehead atoms. The first-order valence-corrected chi connectivity index (χ1v) is 6.46. The van der Waals surface area contributed by atoms with Crippen molar-refractivity contribution in [2.45, 2.75) is 31.7 Å². The van der Waals surface area contributed by atoms with Crippen molar-refractivity contribution in [3.05, 3.63) is 29.8 Å². The van der Waals surface area contributed by atoms with Gasteiger partial charge in [0.05, 0.1) is 6.61 Å². The van der Waals surface area contributed by atoms with Crippen LogP contribution in [0.3, 0.4) is 0 Å². The summed E-state index contributed by atoms with van der Waals surface area (Å²) in [6, 6.07) is 7.99. The molecule has 1 aromatic rings. The maximum Gasteiger partial charge on any atom is 0.223 e. The molecule has 1 aliphatic carbocycles. The van der Waals surface area contributed by atoms with Crippen molar-refractivity contribution < 1.29 is 9.90 Å². The minimum Gasteiger partial charge on any atom is -0.399 e. The average molecular weight is 248 g/mol. The Morgan fingerprint density at radius 1 is 1.39 bits per heavy atom. The zero-order chi connectivity index (χ0) is 13.0. The van der Waals surface area contributed by atoms with E-state index in [0.29, 0.717) is 25.4 Å². The molecule has 0 saturated heterocycles. The fraction of sp³-hybridized carbons (Fsp3) is 0.500. The van der Waals surface area contributed by atoms with Crippen LogP contribution in [0, 0.1) is 0 Å². The maximum absolute atomic E-state index is 12.1. The molecule has 1 aliphatic rings. The minimum absolute atomic E-state index is 0.0374. The van der Waals surface area contributed by atoms with E-state index < -0.39 is 0 Å². The number of carbonyl (C=O) groups excluding carboxylic acids is 1. The molecule has 1 fully saturated rings. The van der Waals surface area contributed by atoms with E-state index in [0.717, 1.165) is 24.1 Å². The lowest BCUT2D eigenvalue weighted by Crippen LogP contribution is -2.35. The highest BCUT2D eigenvalue weighted by atomic mass is 16.3. The van der Waals surface area contributed by atoms with E-state index in [1.165, 1.54) is 0 Å². The molecule has 3 N–H and O–H groups in total. The third-order valence-corrected chi connectivity index (χ3v) is 3.31. The van der Waals surface area contributed by atoms with E-state index in [9.17, 15) is 4.79 Å². The minimum atomic E-state index is 0.0374. The zero-order valence-electron chi connectivity index (χ0n) is 10.5. The molecule has 4 nitrogen and oxygen atoms in total. The summed E-state index contributed by atoms with van der Waals surface area (Å²) in [6.45, 7) is 0.490. The number of carbonyl (C=O) groups is 1. The second-order valence-electron chi connectivity index (χ2n) is 4.74. The van der Waals surface area contributed by atoms with Gasteiger partial charge < -0.3 is 15.7 Å². The number of nitrogen functional groups attached to an aromatic ring is 1. The summed E-state index contributed by atoms with van der Waals surface area (Å²) in [6.07, 6.45) is 3.27. The quantitative estimate of drug-likeness (QED) is 0.743. The number of aryl methyl sites for hydroxylation is 1. The largest absolute Gasteiger partial charge is 0.399 e. The van der Waals surface area contributed by atoms with Gasteiger partial charge in [-0.3, -0.25) is 4.79 Å². The first kappa shape index (κ1) is 12.9. The molecule has 0 heterocycles. The fourth-order valence-corrected chi connectivity index (χ4v) is 2.15. The van der Waals surface area contributed by atoms with Crippen LogP contribution in [0.2, 0.25) is 0 Å². The van der Waals surface area contributed by atoms with Crippen molar-refractivity contribution in [1.82, 2.24) is 4.90 Å². The Labute approximate surface area is 107 Å². The highest BCUT2D eigenvalue weighted by Gasteiger charge is 2.31. The van der Waals surface area contributed by atoms with Crippen LogP contribution in [0.4, 0.5) is 5.69 Å². The van der Waals surface area contributed by atoms with Gasteiger partial charge in [0.15, 0.2) is 0 Å². The highest BCUT2D eigenvalue weighted by Crippen LogP contribution is 2.27. The maximum atomic E-state index is 12.1. The third-order valence-electron chi connectivity index (χ3n) is 3.31. The molecule has 1 aromatic carbocycles. The Bertz CT molecular complexity index is 416. The molecule has 0 unspecified atom stereocenters. The first-order valence-electron chi connectivity index (χ1n) is 6.46. The first-order chi connectivity index (χ1) is 8.72. The van der Waals surface area contributed by atoms with Crippen LogP contribution in [0.15, 0.2) is 24.3 Å². The van der Waals surface area contributed by atoms with Gasteiger partial charge in [-0.25, -0.2) is 0 Å². The average Bonchev–Trinajstić information content (AvgIpc) is 3.19. The van der Waals surface area contributed by atoms with Crippen molar-refractivity contribution in [2.24, 2.45) is 0 Å². The lowest BCUT2D eigenvalue weighted by atomic mass is 10.1. The molecule has 1 saturated carbocycles. The summed E-state index contributed by atoms with van der Waals surface area (Å²) in [5, 5.41) is 8.98. The zero-order valence-corrected chi connectivity index (χ0v) is 10.5. The van der Waals surface area contributed by atoms with E-state index in [4.69, 9.17) is 10.8 Å². The van der Waals surface area contributed by atoms with E-state index >= 15 is 0 Å². The summed E-state index contributed by atoms with van der Waals surface area (Å²) in [7, 11) is 0. The Morgan fingerprint density at radius 3 is 2.72 bits per heavy atom. The smallest absolute Gasteiger partial charge is 0.223 e. The number of hydrogen-bond acceptors (Lipinski definition) is 3. The molecular weight excluding hydrogens is 228 g/mol. The fourth-order valence-electron chi connectivity index (χ4n) is 2.15. The summed E-state index contributed by atoms with van der Waals surface area (Å²) < 4.78 is 0. The molecule has 0 atom stereocenters. The highest BCUT2D eigenvalue weighted by molar-refractivity contribution is 5.77. The molecule has 98 valence electrons. The van der Waals surface area contributed by atoms with E-state index in [1.807, 2.05) is 24.3 Å². The molecule has 2 rings (SSSR count). The predicted molar refractivity (Wildman–Crippen MR) is 71.0 cm³/mol. The number of aliphatic hydroxyl groups excluding tert-OH is 1. The Morgan fingerprint density at radius 2 is 2.11 bits per heavy atom. The Kier molecular flexibility index (Phi) is 4.20. The molecule has 1 amide bonds. The normalized spacial score (nSPS) is 14.5. The van der Waals surface area contributed by atoms with Crippen molar-refractivity contribution >= 4 is 11.6 Å². The standard InChI is InChI=1S/C14H20N2O2/c15-13-4-2-1-3-11(13)5-8-14(18)16(9-10-17)12-6-7-12/h1-4,12,17H,5-10,15H2.